The van der Waals surface area contributed by atoms with Gasteiger partial charge in [0.05, 0.1) is 49.5 Å². The summed E-state index contributed by atoms with van der Waals surface area (Å²) in [6, 6.07) is 16.1. The summed E-state index contributed by atoms with van der Waals surface area (Å²) in [5.41, 5.74) is 18.1. The molecule has 0 amide bonds. The molecule has 4 aliphatic rings. The Hall–Kier alpha value is -4.90. The van der Waals surface area contributed by atoms with Gasteiger partial charge in [-0.25, -0.2) is 19.9 Å². The number of ether oxygens (including phenoxy) is 2. The van der Waals surface area contributed by atoms with Gasteiger partial charge >= 0.3 is 15.2 Å². The highest BCUT2D eigenvalue weighted by Crippen LogP contribution is 2.48. The Morgan fingerprint density at radius 1 is 0.647 bits per heavy atom. The van der Waals surface area contributed by atoms with Crippen molar-refractivity contribution in [2.45, 2.75) is 64.5 Å². The average molecular weight is 971 g/mol. The van der Waals surface area contributed by atoms with Crippen molar-refractivity contribution in [2.24, 2.45) is 11.8 Å². The molecule has 0 atom stereocenters. The van der Waals surface area contributed by atoms with Gasteiger partial charge in [0.15, 0.2) is 0 Å². The van der Waals surface area contributed by atoms with E-state index < -0.39 is 15.2 Å². The van der Waals surface area contributed by atoms with Crippen LogP contribution in [0.4, 0.5) is 11.6 Å². The second-order valence-electron chi connectivity index (χ2n) is 18.4. The molecule has 20 heteroatoms. The van der Waals surface area contributed by atoms with E-state index in [0.29, 0.717) is 48.4 Å². The minimum atomic E-state index is -4.09. The van der Waals surface area contributed by atoms with Crippen molar-refractivity contribution in [3.05, 3.63) is 73.6 Å². The second-order valence-corrected chi connectivity index (χ2v) is 22.4. The van der Waals surface area contributed by atoms with E-state index in [1.165, 1.54) is 58.4 Å². The van der Waals surface area contributed by atoms with Gasteiger partial charge in [-0.2, -0.15) is 0 Å². The Bertz CT molecular complexity index is 2770. The molecule has 0 spiro atoms. The van der Waals surface area contributed by atoms with Crippen LogP contribution < -0.4 is 20.9 Å². The third-order valence-electron chi connectivity index (χ3n) is 13.6. The van der Waals surface area contributed by atoms with Crippen LogP contribution in [0.15, 0.2) is 73.6 Å². The highest BCUT2D eigenvalue weighted by Gasteiger charge is 2.36. The fourth-order valence-electron chi connectivity index (χ4n) is 9.85. The predicted molar refractivity (Wildman–Crippen MR) is 264 cm³/mol. The summed E-state index contributed by atoms with van der Waals surface area (Å²) in [5.74, 6) is 3.62. The molecule has 6 heterocycles. The van der Waals surface area contributed by atoms with Gasteiger partial charge in [0.1, 0.15) is 47.1 Å². The Kier molecular flexibility index (Phi) is 14.9. The molecular weight excluding hydrogens is 907 g/mol. The number of nitrogens with two attached hydrogens (primary N) is 2. The number of nitrogen functional groups attached to an aromatic ring is 2. The molecular formula is C48H64N10O8P2. The first kappa shape index (κ1) is 48.1. The van der Waals surface area contributed by atoms with Crippen LogP contribution in [0.3, 0.4) is 0 Å². The molecule has 68 heavy (non-hydrogen) atoms. The molecule has 4 fully saturated rings. The lowest BCUT2D eigenvalue weighted by molar-refractivity contribution is 0.0921. The van der Waals surface area contributed by atoms with Crippen LogP contribution in [-0.4, -0.2) is 127 Å². The Balaban J connectivity index is 0.000000171. The molecule has 0 unspecified atom stereocenters. The second kappa shape index (κ2) is 21.0. The van der Waals surface area contributed by atoms with Crippen molar-refractivity contribution >= 4 is 48.9 Å². The topological polar surface area (TPSA) is 231 Å². The largest absolute Gasteiger partial charge is 0.493 e. The minimum Gasteiger partial charge on any atom is -0.493 e. The fourth-order valence-corrected chi connectivity index (χ4v) is 11.6. The van der Waals surface area contributed by atoms with E-state index in [2.05, 4.69) is 51.3 Å². The van der Waals surface area contributed by atoms with Crippen LogP contribution in [0.5, 0.6) is 11.5 Å². The lowest BCUT2D eigenvalue weighted by Gasteiger charge is -2.42. The van der Waals surface area contributed by atoms with Crippen molar-refractivity contribution in [3.8, 4) is 33.8 Å². The van der Waals surface area contributed by atoms with Crippen LogP contribution in [0.1, 0.15) is 64.5 Å². The number of aromatic nitrogens is 6. The summed E-state index contributed by atoms with van der Waals surface area (Å²) in [7, 11) is -7.24. The van der Waals surface area contributed by atoms with Gasteiger partial charge in [-0.1, -0.05) is 24.3 Å². The summed E-state index contributed by atoms with van der Waals surface area (Å²) in [6.07, 6.45) is 14.4. The Morgan fingerprint density at radius 3 is 1.49 bits per heavy atom. The van der Waals surface area contributed by atoms with E-state index >= 15 is 0 Å². The SMILES string of the molecule is CCOP(=O)(CCOc1cccc(-c2cn(C3CC(CN4CCC4)C3)c3ncnc(N)c23)c1)OCC.Nc1ncnc2c1c(-c1cccc(OCCP(=O)(O)O)c1)cn2C1CC(CN2CCC2)C1. The predicted octanol–water partition coefficient (Wildman–Crippen LogP) is 7.88. The van der Waals surface area contributed by atoms with E-state index in [9.17, 15) is 9.13 Å². The van der Waals surface area contributed by atoms with Gasteiger partial charge in [-0.15, -0.1) is 0 Å². The maximum atomic E-state index is 12.7. The first-order chi connectivity index (χ1) is 32.9. The molecule has 2 saturated carbocycles. The van der Waals surface area contributed by atoms with Crippen molar-refractivity contribution in [1.29, 1.82) is 0 Å². The van der Waals surface area contributed by atoms with Gasteiger partial charge in [0, 0.05) is 48.7 Å². The Labute approximate surface area is 397 Å². The van der Waals surface area contributed by atoms with Crippen molar-refractivity contribution < 1.29 is 37.4 Å². The molecule has 0 bridgehead atoms. The molecule has 6 N–H and O–H groups in total. The maximum Gasteiger partial charge on any atom is 0.334 e. The Morgan fingerprint density at radius 2 is 1.09 bits per heavy atom. The number of anilines is 2. The van der Waals surface area contributed by atoms with Crippen LogP contribution in [-0.2, 0) is 18.2 Å². The van der Waals surface area contributed by atoms with Gasteiger partial charge in [-0.3, -0.25) is 9.13 Å². The smallest absolute Gasteiger partial charge is 0.334 e. The number of hydrogen-bond donors (Lipinski definition) is 4. The summed E-state index contributed by atoms with van der Waals surface area (Å²) < 4.78 is 50.6. The molecule has 2 saturated heterocycles. The number of nitrogens with zero attached hydrogens (tertiary/aromatic N) is 8. The molecule has 364 valence electrons. The normalized spacial score (nSPS) is 20.8. The zero-order valence-corrected chi connectivity index (χ0v) is 40.7. The summed E-state index contributed by atoms with van der Waals surface area (Å²) in [5, 5.41) is 1.70. The van der Waals surface area contributed by atoms with Crippen LogP contribution in [0.2, 0.25) is 0 Å². The molecule has 2 aliphatic heterocycles. The summed E-state index contributed by atoms with van der Waals surface area (Å²) in [6.45, 7) is 11.8. The standard InChI is InChI=1S/C26H36N5O4P.C22H28N5O4P/c1-3-34-36(32,35-4-2)12-11-33-22-8-5-7-20(15-22)23-17-31(26-24(23)25(27)28-18-29-26)21-13-19(14-21)16-30-9-6-10-30;23-21-20-19(16-3-1-4-18(11-16)31-7-8-32(28,29)30)13-27(22(20)25-14-24-21)17-9-15(10-17)12-26-5-2-6-26/h5,7-8,15,17-19,21H,3-4,6,9-14,16H2,1-2H3,(H2,27,28,29);1,3-4,11,13-15,17H,2,5-10,12H2,(H2,23,24,25)(H2,28,29,30). The van der Waals surface area contributed by atoms with E-state index in [-0.39, 0.29) is 25.5 Å². The average Bonchev–Trinajstić information content (AvgIpc) is 3.83. The summed E-state index contributed by atoms with van der Waals surface area (Å²) >= 11 is 0. The number of benzene rings is 2. The van der Waals surface area contributed by atoms with E-state index in [1.54, 1.807) is 26.2 Å². The van der Waals surface area contributed by atoms with Crippen molar-refractivity contribution in [2.75, 3.05) is 89.5 Å². The monoisotopic (exact) mass is 970 g/mol. The van der Waals surface area contributed by atoms with E-state index in [0.717, 1.165) is 81.8 Å². The molecule has 4 aromatic heterocycles. The lowest BCUT2D eigenvalue weighted by Crippen LogP contribution is -2.43. The van der Waals surface area contributed by atoms with Gasteiger partial charge in [0.25, 0.3) is 0 Å². The van der Waals surface area contributed by atoms with Crippen LogP contribution >= 0.6 is 15.2 Å². The molecule has 2 aromatic carbocycles. The molecule has 2 aliphatic carbocycles. The highest BCUT2D eigenvalue weighted by atomic mass is 31.2. The summed E-state index contributed by atoms with van der Waals surface area (Å²) in [4.78, 5) is 40.8. The first-order valence-corrected chi connectivity index (χ1v) is 27.4. The minimum absolute atomic E-state index is 0.0543. The number of fused-ring (bicyclic) bond motifs is 2. The zero-order chi connectivity index (χ0) is 47.4. The first-order valence-electron chi connectivity index (χ1n) is 23.9. The lowest BCUT2D eigenvalue weighted by atomic mass is 9.79. The van der Waals surface area contributed by atoms with Gasteiger partial charge < -0.3 is 58.7 Å². The molecule has 0 radical (unpaired) electrons. The molecule has 10 rings (SSSR count). The third kappa shape index (κ3) is 11.1. The number of rotatable bonds is 20. The number of likely N-dealkylation sites (tertiary alicyclic amines) is 2. The zero-order valence-electron chi connectivity index (χ0n) is 38.9. The van der Waals surface area contributed by atoms with Crippen LogP contribution in [0, 0.1) is 11.8 Å². The quantitative estimate of drug-likeness (QED) is 0.0533. The molecule has 6 aromatic rings. The maximum absolute atomic E-state index is 12.7. The number of hydrogen-bond acceptors (Lipinski definition) is 14. The van der Waals surface area contributed by atoms with Crippen LogP contribution in [0.25, 0.3) is 44.3 Å². The van der Waals surface area contributed by atoms with Gasteiger partial charge in [-0.05, 0) is 126 Å². The van der Waals surface area contributed by atoms with Crippen molar-refractivity contribution in [1.82, 2.24) is 38.9 Å². The van der Waals surface area contributed by atoms with Gasteiger partial charge in [0.2, 0.25) is 0 Å². The van der Waals surface area contributed by atoms with E-state index in [4.69, 9.17) is 39.8 Å². The van der Waals surface area contributed by atoms with Crippen molar-refractivity contribution in [3.63, 3.8) is 0 Å². The highest BCUT2D eigenvalue weighted by molar-refractivity contribution is 7.53. The third-order valence-corrected chi connectivity index (χ3v) is 16.4. The molecule has 18 nitrogen and oxygen atoms in total. The van der Waals surface area contributed by atoms with E-state index in [1.807, 2.05) is 42.5 Å². The fraction of sp³-hybridized carbons (Fsp3) is 0.500.